The van der Waals surface area contributed by atoms with Gasteiger partial charge in [-0.15, -0.1) is 0 Å². The summed E-state index contributed by atoms with van der Waals surface area (Å²) < 4.78 is 5.88. The van der Waals surface area contributed by atoms with Gasteiger partial charge in [-0.25, -0.2) is 4.98 Å². The van der Waals surface area contributed by atoms with Crippen LogP contribution in [0.15, 0.2) is 34.2 Å². The van der Waals surface area contributed by atoms with Crippen molar-refractivity contribution in [3.8, 4) is 6.07 Å². The van der Waals surface area contributed by atoms with Gasteiger partial charge < -0.3 is 10.1 Å². The van der Waals surface area contributed by atoms with E-state index in [0.29, 0.717) is 23.7 Å². The van der Waals surface area contributed by atoms with Crippen LogP contribution in [0.3, 0.4) is 0 Å². The zero-order chi connectivity index (χ0) is 20.1. The maximum absolute atomic E-state index is 12.8. The second-order valence-electron chi connectivity index (χ2n) is 6.62. The lowest BCUT2D eigenvalue weighted by Gasteiger charge is -2.21. The van der Waals surface area contributed by atoms with E-state index >= 15 is 0 Å². The number of esters is 1. The Hall–Kier alpha value is -2.86. The first-order valence-electron chi connectivity index (χ1n) is 8.89. The molecule has 1 aromatic heterocycles. The van der Waals surface area contributed by atoms with Crippen LogP contribution < -0.4 is 10.9 Å². The minimum atomic E-state index is -0.805. The van der Waals surface area contributed by atoms with Crippen molar-refractivity contribution in [2.45, 2.75) is 42.9 Å². The number of rotatable bonds is 6. The van der Waals surface area contributed by atoms with Crippen LogP contribution in [0.4, 0.5) is 0 Å². The fourth-order valence-electron chi connectivity index (χ4n) is 3.27. The number of methoxy groups -OCH3 is 1. The molecule has 1 aromatic carbocycles. The molecule has 0 bridgehead atoms. The Labute approximate surface area is 165 Å². The lowest BCUT2D eigenvalue weighted by Crippen LogP contribution is -2.45. The van der Waals surface area contributed by atoms with E-state index in [4.69, 9.17) is 0 Å². The number of nitriles is 1. The van der Waals surface area contributed by atoms with Gasteiger partial charge in [-0.05, 0) is 37.8 Å². The number of para-hydroxylation sites is 1. The molecule has 0 spiro atoms. The van der Waals surface area contributed by atoms with Crippen LogP contribution in [0.25, 0.3) is 10.9 Å². The van der Waals surface area contributed by atoms with Gasteiger partial charge in [0, 0.05) is 0 Å². The van der Waals surface area contributed by atoms with Crippen molar-refractivity contribution in [1.82, 2.24) is 14.9 Å². The number of aromatic nitrogens is 2. The minimum absolute atomic E-state index is 0.0185. The van der Waals surface area contributed by atoms with Gasteiger partial charge in [0.25, 0.3) is 5.56 Å². The van der Waals surface area contributed by atoms with Gasteiger partial charge in [0.1, 0.15) is 12.1 Å². The average molecular weight is 400 g/mol. The summed E-state index contributed by atoms with van der Waals surface area (Å²) in [6.45, 7) is -0.292. The van der Waals surface area contributed by atoms with Crippen molar-refractivity contribution >= 4 is 34.5 Å². The Kier molecular flexibility index (Phi) is 5.99. The van der Waals surface area contributed by atoms with Crippen molar-refractivity contribution in [2.24, 2.45) is 0 Å². The van der Waals surface area contributed by atoms with Crippen LogP contribution in [0.1, 0.15) is 25.7 Å². The SMILES string of the molecule is COC(=O)Cn1c(SCC(=O)NC2(C#N)CCCC2)nc2ccccc2c1=O. The zero-order valence-electron chi connectivity index (χ0n) is 15.4. The van der Waals surface area contributed by atoms with E-state index in [0.717, 1.165) is 24.6 Å². The van der Waals surface area contributed by atoms with E-state index in [1.807, 2.05) is 0 Å². The maximum atomic E-state index is 12.8. The van der Waals surface area contributed by atoms with Crippen molar-refractivity contribution in [1.29, 1.82) is 5.26 Å². The van der Waals surface area contributed by atoms with Crippen molar-refractivity contribution in [2.75, 3.05) is 12.9 Å². The highest BCUT2D eigenvalue weighted by Gasteiger charge is 2.35. The smallest absolute Gasteiger partial charge is 0.325 e. The van der Waals surface area contributed by atoms with Crippen LogP contribution in [0.2, 0.25) is 0 Å². The maximum Gasteiger partial charge on any atom is 0.325 e. The minimum Gasteiger partial charge on any atom is -0.468 e. The van der Waals surface area contributed by atoms with Gasteiger partial charge in [-0.3, -0.25) is 19.0 Å². The number of carbonyl (C=O) groups is 2. The summed E-state index contributed by atoms with van der Waals surface area (Å²) in [5.41, 5.74) is -0.691. The number of amides is 1. The second kappa shape index (κ2) is 8.44. The zero-order valence-corrected chi connectivity index (χ0v) is 16.3. The lowest BCUT2D eigenvalue weighted by molar-refractivity contribution is -0.141. The third-order valence-electron chi connectivity index (χ3n) is 4.72. The first kappa shape index (κ1) is 19.9. The first-order valence-corrected chi connectivity index (χ1v) is 9.88. The summed E-state index contributed by atoms with van der Waals surface area (Å²) >= 11 is 1.05. The third-order valence-corrected chi connectivity index (χ3v) is 5.70. The number of ether oxygens (including phenoxy) is 1. The highest BCUT2D eigenvalue weighted by atomic mass is 32.2. The molecule has 1 aliphatic carbocycles. The molecular formula is C19H20N4O4S. The summed E-state index contributed by atoms with van der Waals surface area (Å²) in [4.78, 5) is 41.3. The van der Waals surface area contributed by atoms with Crippen LogP contribution in [-0.4, -0.2) is 39.8 Å². The normalized spacial score (nSPS) is 15.1. The number of thioether (sulfide) groups is 1. The molecule has 0 aliphatic heterocycles. The van der Waals surface area contributed by atoms with Crippen molar-refractivity contribution < 1.29 is 14.3 Å². The Morgan fingerprint density at radius 1 is 1.36 bits per heavy atom. The Bertz CT molecular complexity index is 1010. The van der Waals surface area contributed by atoms with Gasteiger partial charge in [-0.1, -0.05) is 23.9 Å². The molecule has 3 rings (SSSR count). The Morgan fingerprint density at radius 2 is 2.07 bits per heavy atom. The molecule has 0 saturated heterocycles. The first-order chi connectivity index (χ1) is 13.5. The molecule has 8 nitrogen and oxygen atoms in total. The van der Waals surface area contributed by atoms with E-state index in [-0.39, 0.29) is 28.9 Å². The second-order valence-corrected chi connectivity index (χ2v) is 7.56. The van der Waals surface area contributed by atoms with Gasteiger partial charge in [0.15, 0.2) is 5.16 Å². The lowest BCUT2D eigenvalue weighted by atomic mass is 10.0. The van der Waals surface area contributed by atoms with Crippen LogP contribution in [0.5, 0.6) is 0 Å². The summed E-state index contributed by atoms with van der Waals surface area (Å²) in [6, 6.07) is 9.03. The van der Waals surface area contributed by atoms with Crippen molar-refractivity contribution in [3.05, 3.63) is 34.6 Å². The number of benzene rings is 1. The summed E-state index contributed by atoms with van der Waals surface area (Å²) in [6.07, 6.45) is 3.10. The summed E-state index contributed by atoms with van der Waals surface area (Å²) in [5.74, 6) is -0.907. The topological polar surface area (TPSA) is 114 Å². The van der Waals surface area contributed by atoms with Crippen LogP contribution in [-0.2, 0) is 20.9 Å². The van der Waals surface area contributed by atoms with Crippen LogP contribution >= 0.6 is 11.8 Å². The van der Waals surface area contributed by atoms with Crippen molar-refractivity contribution in [3.63, 3.8) is 0 Å². The number of nitrogens with zero attached hydrogens (tertiary/aromatic N) is 3. The van der Waals surface area contributed by atoms with Gasteiger partial charge >= 0.3 is 5.97 Å². The van der Waals surface area contributed by atoms with E-state index in [2.05, 4.69) is 21.1 Å². The number of hydrogen-bond acceptors (Lipinski definition) is 7. The highest BCUT2D eigenvalue weighted by Crippen LogP contribution is 2.29. The molecule has 0 radical (unpaired) electrons. The molecule has 0 atom stereocenters. The van der Waals surface area contributed by atoms with Crippen LogP contribution in [0, 0.1) is 11.3 Å². The molecule has 28 heavy (non-hydrogen) atoms. The van der Waals surface area contributed by atoms with E-state index in [9.17, 15) is 19.6 Å². The quantitative estimate of drug-likeness (QED) is 0.445. The van der Waals surface area contributed by atoms with E-state index in [1.54, 1.807) is 24.3 Å². The predicted molar refractivity (Wildman–Crippen MR) is 104 cm³/mol. The number of hydrogen-bond donors (Lipinski definition) is 1. The molecule has 9 heteroatoms. The molecule has 1 heterocycles. The molecule has 2 aromatic rings. The average Bonchev–Trinajstić information content (AvgIpc) is 3.17. The standard InChI is InChI=1S/C19H20N4O4S/c1-27-16(25)10-23-17(26)13-6-2-3-7-14(13)21-18(23)28-11-15(24)22-19(12-20)8-4-5-9-19/h2-3,6-7H,4-5,8-11H2,1H3,(H,22,24). The molecule has 1 aliphatic rings. The fraction of sp³-hybridized carbons (Fsp3) is 0.421. The van der Waals surface area contributed by atoms with Gasteiger partial charge in [-0.2, -0.15) is 5.26 Å². The van der Waals surface area contributed by atoms with Gasteiger partial charge in [0.05, 0.1) is 29.8 Å². The Morgan fingerprint density at radius 3 is 2.75 bits per heavy atom. The molecule has 1 fully saturated rings. The molecule has 0 unspecified atom stereocenters. The summed E-state index contributed by atoms with van der Waals surface area (Å²) in [5, 5.41) is 12.8. The third kappa shape index (κ3) is 4.17. The molecule has 1 N–H and O–H groups in total. The molecule has 1 amide bonds. The number of fused-ring (bicyclic) bond motifs is 1. The monoisotopic (exact) mass is 400 g/mol. The van der Waals surface area contributed by atoms with E-state index < -0.39 is 11.5 Å². The highest BCUT2D eigenvalue weighted by molar-refractivity contribution is 7.99. The summed E-state index contributed by atoms with van der Waals surface area (Å²) in [7, 11) is 1.24. The number of nitrogens with one attached hydrogen (secondary N) is 1. The predicted octanol–water partition coefficient (Wildman–Crippen LogP) is 1.61. The Balaban J connectivity index is 1.84. The largest absolute Gasteiger partial charge is 0.468 e. The molecular weight excluding hydrogens is 380 g/mol. The molecule has 1 saturated carbocycles. The van der Waals surface area contributed by atoms with Gasteiger partial charge in [0.2, 0.25) is 5.91 Å². The number of carbonyl (C=O) groups excluding carboxylic acids is 2. The van der Waals surface area contributed by atoms with E-state index in [1.165, 1.54) is 11.7 Å². The fourth-order valence-corrected chi connectivity index (χ4v) is 4.07. The molecule has 146 valence electrons.